The highest BCUT2D eigenvalue weighted by molar-refractivity contribution is 7.71. The molecular formula is C12H13NOS. The van der Waals surface area contributed by atoms with Crippen LogP contribution in [0.15, 0.2) is 28.7 Å². The van der Waals surface area contributed by atoms with Crippen molar-refractivity contribution in [3.8, 4) is 0 Å². The lowest BCUT2D eigenvalue weighted by Gasteiger charge is -2.05. The normalized spacial score (nSPS) is 10.5. The Hall–Kier alpha value is -1.35. The third-order valence-corrected chi connectivity index (χ3v) is 2.53. The number of fused-ring (bicyclic) bond motifs is 1. The summed E-state index contributed by atoms with van der Waals surface area (Å²) < 4.78 is 6.04. The highest BCUT2D eigenvalue weighted by atomic mass is 32.1. The van der Waals surface area contributed by atoms with Crippen LogP contribution in [0.25, 0.3) is 11.0 Å². The summed E-state index contributed by atoms with van der Waals surface area (Å²) in [5.41, 5.74) is 3.07. The smallest absolute Gasteiger partial charge is 0.191 e. The van der Waals surface area contributed by atoms with Crippen LogP contribution in [0.4, 0.5) is 5.69 Å². The van der Waals surface area contributed by atoms with Crippen LogP contribution < -0.4 is 5.32 Å². The molecule has 3 heteroatoms. The van der Waals surface area contributed by atoms with Gasteiger partial charge in [0.1, 0.15) is 5.58 Å². The molecule has 15 heavy (non-hydrogen) atoms. The van der Waals surface area contributed by atoms with E-state index in [9.17, 15) is 0 Å². The van der Waals surface area contributed by atoms with Crippen molar-refractivity contribution in [3.05, 3.63) is 34.5 Å². The molecule has 0 saturated carbocycles. The molecule has 0 spiro atoms. The third-order valence-electron chi connectivity index (χ3n) is 2.33. The Bertz CT molecular complexity index is 545. The van der Waals surface area contributed by atoms with E-state index in [-0.39, 0.29) is 0 Å². The van der Waals surface area contributed by atoms with Crippen LogP contribution in [0, 0.1) is 11.6 Å². The maximum Gasteiger partial charge on any atom is 0.191 e. The molecule has 0 unspecified atom stereocenters. The molecular weight excluding hydrogens is 206 g/mol. The molecule has 0 aliphatic rings. The highest BCUT2D eigenvalue weighted by Crippen LogP contribution is 2.22. The van der Waals surface area contributed by atoms with Crippen LogP contribution in [-0.4, -0.2) is 6.54 Å². The first kappa shape index (κ1) is 10.2. The molecule has 0 aliphatic carbocycles. The summed E-state index contributed by atoms with van der Waals surface area (Å²) in [7, 11) is 0. The Morgan fingerprint density at radius 1 is 1.33 bits per heavy atom. The Morgan fingerprint density at radius 2 is 2.13 bits per heavy atom. The second-order valence-corrected chi connectivity index (χ2v) is 3.89. The van der Waals surface area contributed by atoms with E-state index in [2.05, 4.69) is 24.4 Å². The van der Waals surface area contributed by atoms with E-state index in [1.807, 2.05) is 19.1 Å². The molecule has 0 aliphatic heterocycles. The minimum absolute atomic E-state index is 0.536. The van der Waals surface area contributed by atoms with Gasteiger partial charge in [0, 0.05) is 23.7 Å². The minimum atomic E-state index is 0.536. The summed E-state index contributed by atoms with van der Waals surface area (Å²) in [6, 6.07) is 7.98. The van der Waals surface area contributed by atoms with Gasteiger partial charge in [-0.3, -0.25) is 0 Å². The molecule has 0 bridgehead atoms. The largest absolute Gasteiger partial charge is 0.445 e. The third kappa shape index (κ3) is 2.02. The summed E-state index contributed by atoms with van der Waals surface area (Å²) >= 11 is 5.05. The van der Waals surface area contributed by atoms with Gasteiger partial charge < -0.3 is 9.73 Å². The van der Waals surface area contributed by atoms with Crippen LogP contribution in [0.3, 0.4) is 0 Å². The number of aryl methyl sites for hydroxylation is 1. The van der Waals surface area contributed by atoms with E-state index in [0.717, 1.165) is 28.8 Å². The molecule has 0 radical (unpaired) electrons. The van der Waals surface area contributed by atoms with Gasteiger partial charge in [0.2, 0.25) is 0 Å². The van der Waals surface area contributed by atoms with Crippen LogP contribution >= 0.6 is 12.2 Å². The predicted molar refractivity (Wildman–Crippen MR) is 65.9 cm³/mol. The van der Waals surface area contributed by atoms with Crippen molar-refractivity contribution in [3.63, 3.8) is 0 Å². The van der Waals surface area contributed by atoms with Crippen molar-refractivity contribution in [1.82, 2.24) is 0 Å². The average Bonchev–Trinajstić information content (AvgIpc) is 2.17. The number of rotatable bonds is 2. The summed E-state index contributed by atoms with van der Waals surface area (Å²) in [4.78, 5) is 0. The van der Waals surface area contributed by atoms with Crippen molar-refractivity contribution in [2.75, 3.05) is 11.9 Å². The summed E-state index contributed by atoms with van der Waals surface area (Å²) in [5.74, 6) is 0. The molecule has 0 atom stereocenters. The highest BCUT2D eigenvalue weighted by Gasteiger charge is 2.01. The van der Waals surface area contributed by atoms with E-state index in [1.165, 1.54) is 0 Å². The first-order valence-corrected chi connectivity index (χ1v) is 5.40. The molecule has 78 valence electrons. The maximum absolute atomic E-state index is 5.50. The first-order valence-electron chi connectivity index (χ1n) is 4.99. The van der Waals surface area contributed by atoms with Gasteiger partial charge in [-0.05, 0) is 49.8 Å². The Kier molecular flexibility index (Phi) is 2.73. The van der Waals surface area contributed by atoms with Crippen molar-refractivity contribution >= 4 is 28.9 Å². The van der Waals surface area contributed by atoms with Gasteiger partial charge >= 0.3 is 0 Å². The fourth-order valence-electron chi connectivity index (χ4n) is 1.64. The van der Waals surface area contributed by atoms with E-state index in [1.54, 1.807) is 0 Å². The van der Waals surface area contributed by atoms with Crippen molar-refractivity contribution in [2.45, 2.75) is 13.8 Å². The SMILES string of the molecule is CCNc1ccc2c(C)cc(=S)oc2c1. The topological polar surface area (TPSA) is 25.2 Å². The molecule has 1 aromatic carbocycles. The van der Waals surface area contributed by atoms with Gasteiger partial charge in [-0.2, -0.15) is 0 Å². The fourth-order valence-corrected chi connectivity index (χ4v) is 1.91. The zero-order chi connectivity index (χ0) is 10.8. The van der Waals surface area contributed by atoms with Gasteiger partial charge in [-0.15, -0.1) is 0 Å². The summed E-state index contributed by atoms with van der Waals surface area (Å²) in [5, 5.41) is 4.36. The molecule has 1 N–H and O–H groups in total. The van der Waals surface area contributed by atoms with Crippen LogP contribution in [-0.2, 0) is 0 Å². The lowest BCUT2D eigenvalue weighted by Crippen LogP contribution is -1.95. The van der Waals surface area contributed by atoms with Gasteiger partial charge in [0.15, 0.2) is 4.71 Å². The second kappa shape index (κ2) is 4.03. The van der Waals surface area contributed by atoms with Crippen LogP contribution in [0.1, 0.15) is 12.5 Å². The second-order valence-electron chi connectivity index (χ2n) is 3.49. The number of hydrogen-bond donors (Lipinski definition) is 1. The zero-order valence-corrected chi connectivity index (χ0v) is 9.65. The predicted octanol–water partition coefficient (Wildman–Crippen LogP) is 3.90. The zero-order valence-electron chi connectivity index (χ0n) is 8.83. The Balaban J connectivity index is 2.65. The quantitative estimate of drug-likeness (QED) is 0.775. The molecule has 2 nitrogen and oxygen atoms in total. The van der Waals surface area contributed by atoms with Crippen LogP contribution in [0.2, 0.25) is 0 Å². The Morgan fingerprint density at radius 3 is 2.87 bits per heavy atom. The number of hydrogen-bond acceptors (Lipinski definition) is 3. The fraction of sp³-hybridized carbons (Fsp3) is 0.250. The lowest BCUT2D eigenvalue weighted by molar-refractivity contribution is 0.585. The number of anilines is 1. The van der Waals surface area contributed by atoms with E-state index in [4.69, 9.17) is 16.6 Å². The number of benzene rings is 1. The number of nitrogens with one attached hydrogen (secondary N) is 1. The molecule has 1 heterocycles. The van der Waals surface area contributed by atoms with Crippen molar-refractivity contribution in [2.24, 2.45) is 0 Å². The standard InChI is InChI=1S/C12H13NOS/c1-3-13-9-4-5-10-8(2)6-12(15)14-11(10)7-9/h4-7,13H,3H2,1-2H3. The molecule has 0 fully saturated rings. The van der Waals surface area contributed by atoms with Crippen molar-refractivity contribution < 1.29 is 4.42 Å². The van der Waals surface area contributed by atoms with Crippen LogP contribution in [0.5, 0.6) is 0 Å². The van der Waals surface area contributed by atoms with Gasteiger partial charge in [0.05, 0.1) is 0 Å². The first-order chi connectivity index (χ1) is 7.20. The molecule has 2 rings (SSSR count). The summed E-state index contributed by atoms with van der Waals surface area (Å²) in [6.45, 7) is 5.01. The molecule has 1 aromatic heterocycles. The minimum Gasteiger partial charge on any atom is -0.445 e. The average molecular weight is 219 g/mol. The van der Waals surface area contributed by atoms with Crippen molar-refractivity contribution in [1.29, 1.82) is 0 Å². The Labute approximate surface area is 93.9 Å². The van der Waals surface area contributed by atoms with Gasteiger partial charge in [-0.25, -0.2) is 0 Å². The summed E-state index contributed by atoms with van der Waals surface area (Å²) in [6.07, 6.45) is 0. The molecule has 0 saturated heterocycles. The molecule has 0 amide bonds. The maximum atomic E-state index is 5.50. The monoisotopic (exact) mass is 219 g/mol. The molecule has 2 aromatic rings. The van der Waals surface area contributed by atoms with E-state index < -0.39 is 0 Å². The lowest BCUT2D eigenvalue weighted by atomic mass is 10.1. The van der Waals surface area contributed by atoms with E-state index >= 15 is 0 Å². The van der Waals surface area contributed by atoms with E-state index in [0.29, 0.717) is 4.71 Å². The van der Waals surface area contributed by atoms with Gasteiger partial charge in [-0.1, -0.05) is 0 Å². The van der Waals surface area contributed by atoms with Gasteiger partial charge in [0.25, 0.3) is 0 Å².